The van der Waals surface area contributed by atoms with Crippen LogP contribution >= 0.6 is 11.6 Å². The molecular formula is C14H13ClFNO. The van der Waals surface area contributed by atoms with Crippen molar-refractivity contribution in [1.29, 1.82) is 0 Å². The Morgan fingerprint density at radius 2 is 2.06 bits per heavy atom. The van der Waals surface area contributed by atoms with Gasteiger partial charge in [0, 0.05) is 23.2 Å². The van der Waals surface area contributed by atoms with E-state index in [1.54, 1.807) is 13.0 Å². The molecule has 2 aromatic rings. The van der Waals surface area contributed by atoms with E-state index in [1.807, 2.05) is 18.2 Å². The molecule has 18 heavy (non-hydrogen) atoms. The van der Waals surface area contributed by atoms with Crippen molar-refractivity contribution >= 4 is 11.6 Å². The average molecular weight is 266 g/mol. The minimum Gasteiger partial charge on any atom is -0.385 e. The van der Waals surface area contributed by atoms with Crippen molar-refractivity contribution in [2.45, 2.75) is 18.9 Å². The highest BCUT2D eigenvalue weighted by molar-refractivity contribution is 6.31. The first kappa shape index (κ1) is 13.0. The van der Waals surface area contributed by atoms with Gasteiger partial charge in [-0.15, -0.1) is 0 Å². The Labute approximate surface area is 110 Å². The van der Waals surface area contributed by atoms with E-state index < -0.39 is 11.4 Å². The molecule has 1 aromatic heterocycles. The van der Waals surface area contributed by atoms with Crippen LogP contribution in [0.15, 0.2) is 42.7 Å². The first-order chi connectivity index (χ1) is 8.49. The van der Waals surface area contributed by atoms with Gasteiger partial charge in [-0.3, -0.25) is 4.98 Å². The predicted molar refractivity (Wildman–Crippen MR) is 68.9 cm³/mol. The molecule has 1 aromatic carbocycles. The summed E-state index contributed by atoms with van der Waals surface area (Å²) in [6.07, 6.45) is 2.87. The van der Waals surface area contributed by atoms with Gasteiger partial charge in [0.05, 0.1) is 11.8 Å². The summed E-state index contributed by atoms with van der Waals surface area (Å²) >= 11 is 6.05. The van der Waals surface area contributed by atoms with Crippen LogP contribution in [0, 0.1) is 5.82 Å². The van der Waals surface area contributed by atoms with Crippen LogP contribution in [0.4, 0.5) is 4.39 Å². The van der Waals surface area contributed by atoms with Gasteiger partial charge in [0.25, 0.3) is 0 Å². The van der Waals surface area contributed by atoms with E-state index in [9.17, 15) is 9.50 Å². The standard InChI is InChI=1S/C14H13ClFNO/c1-14(18,11-6-12(16)9-17-8-11)7-10-4-2-3-5-13(10)15/h2-6,8-9,18H,7H2,1H3. The van der Waals surface area contributed by atoms with Crippen LogP contribution in [0.3, 0.4) is 0 Å². The maximum atomic E-state index is 13.1. The Kier molecular flexibility index (Phi) is 3.64. The number of halogens is 2. The molecule has 0 spiro atoms. The zero-order valence-electron chi connectivity index (χ0n) is 9.90. The summed E-state index contributed by atoms with van der Waals surface area (Å²) in [6, 6.07) is 8.55. The molecular weight excluding hydrogens is 253 g/mol. The Morgan fingerprint density at radius 1 is 1.33 bits per heavy atom. The van der Waals surface area contributed by atoms with Crippen molar-refractivity contribution in [3.8, 4) is 0 Å². The Balaban J connectivity index is 2.30. The minimum absolute atomic E-state index is 0.303. The summed E-state index contributed by atoms with van der Waals surface area (Å²) in [6.45, 7) is 1.62. The lowest BCUT2D eigenvalue weighted by Gasteiger charge is -2.24. The van der Waals surface area contributed by atoms with Crippen LogP contribution < -0.4 is 0 Å². The molecule has 1 atom stereocenters. The summed E-state index contributed by atoms with van der Waals surface area (Å²) in [5.41, 5.74) is 0.0379. The fourth-order valence-corrected chi connectivity index (χ4v) is 2.02. The van der Waals surface area contributed by atoms with Crippen molar-refractivity contribution < 1.29 is 9.50 Å². The molecule has 0 amide bonds. The predicted octanol–water partition coefficient (Wildman–Crippen LogP) is 3.32. The lowest BCUT2D eigenvalue weighted by atomic mass is 9.90. The Morgan fingerprint density at radius 3 is 2.72 bits per heavy atom. The Bertz CT molecular complexity index is 557. The van der Waals surface area contributed by atoms with Gasteiger partial charge >= 0.3 is 0 Å². The maximum absolute atomic E-state index is 13.1. The van der Waals surface area contributed by atoms with Gasteiger partial charge < -0.3 is 5.11 Å². The number of aromatic nitrogens is 1. The van der Waals surface area contributed by atoms with Gasteiger partial charge in [-0.2, -0.15) is 0 Å². The summed E-state index contributed by atoms with van der Waals surface area (Å²) in [4.78, 5) is 3.75. The normalized spacial score (nSPS) is 14.2. The van der Waals surface area contributed by atoms with Crippen LogP contribution in [0.25, 0.3) is 0 Å². The first-order valence-corrected chi connectivity index (χ1v) is 5.94. The highest BCUT2D eigenvalue weighted by atomic mass is 35.5. The van der Waals surface area contributed by atoms with Crippen LogP contribution in [-0.2, 0) is 12.0 Å². The lowest BCUT2D eigenvalue weighted by molar-refractivity contribution is 0.0569. The van der Waals surface area contributed by atoms with Crippen LogP contribution in [0.5, 0.6) is 0 Å². The molecule has 2 rings (SSSR count). The number of rotatable bonds is 3. The maximum Gasteiger partial charge on any atom is 0.141 e. The molecule has 0 saturated carbocycles. The van der Waals surface area contributed by atoms with Crippen LogP contribution in [0.2, 0.25) is 5.02 Å². The molecule has 0 radical (unpaired) electrons. The van der Waals surface area contributed by atoms with E-state index in [0.29, 0.717) is 17.0 Å². The monoisotopic (exact) mass is 265 g/mol. The van der Waals surface area contributed by atoms with Crippen molar-refractivity contribution in [1.82, 2.24) is 4.98 Å². The number of nitrogens with zero attached hydrogens (tertiary/aromatic N) is 1. The van der Waals surface area contributed by atoms with Crippen LogP contribution in [-0.4, -0.2) is 10.1 Å². The summed E-state index contributed by atoms with van der Waals surface area (Å²) in [5, 5.41) is 11.0. The van der Waals surface area contributed by atoms with E-state index in [1.165, 1.54) is 12.3 Å². The molecule has 94 valence electrons. The lowest BCUT2D eigenvalue weighted by Crippen LogP contribution is -2.24. The third-order valence-corrected chi connectivity index (χ3v) is 3.19. The van der Waals surface area contributed by atoms with Gasteiger partial charge in [-0.25, -0.2) is 4.39 Å². The molecule has 0 bridgehead atoms. The number of pyridine rings is 1. The van der Waals surface area contributed by atoms with E-state index in [2.05, 4.69) is 4.98 Å². The van der Waals surface area contributed by atoms with Gasteiger partial charge in [-0.1, -0.05) is 29.8 Å². The van der Waals surface area contributed by atoms with Crippen molar-refractivity contribution in [2.24, 2.45) is 0 Å². The average Bonchev–Trinajstić information content (AvgIpc) is 2.32. The third-order valence-electron chi connectivity index (χ3n) is 2.82. The molecule has 1 N–H and O–H groups in total. The molecule has 0 saturated heterocycles. The Hall–Kier alpha value is -1.45. The SMILES string of the molecule is CC(O)(Cc1ccccc1Cl)c1cncc(F)c1. The topological polar surface area (TPSA) is 33.1 Å². The molecule has 0 fully saturated rings. The number of hydrogen-bond acceptors (Lipinski definition) is 2. The van der Waals surface area contributed by atoms with Gasteiger partial charge in [0.2, 0.25) is 0 Å². The fraction of sp³-hybridized carbons (Fsp3) is 0.214. The van der Waals surface area contributed by atoms with Crippen molar-refractivity contribution in [3.05, 3.63) is 64.7 Å². The molecule has 0 aliphatic heterocycles. The van der Waals surface area contributed by atoms with Crippen molar-refractivity contribution in [3.63, 3.8) is 0 Å². The smallest absolute Gasteiger partial charge is 0.141 e. The molecule has 0 aliphatic carbocycles. The van der Waals surface area contributed by atoms with Gasteiger partial charge in [-0.05, 0) is 24.6 Å². The second-order valence-corrected chi connectivity index (χ2v) is 4.84. The molecule has 2 nitrogen and oxygen atoms in total. The second kappa shape index (κ2) is 5.04. The zero-order chi connectivity index (χ0) is 13.2. The van der Waals surface area contributed by atoms with Gasteiger partial charge in [0.1, 0.15) is 5.82 Å². The molecule has 1 heterocycles. The highest BCUT2D eigenvalue weighted by Crippen LogP contribution is 2.28. The minimum atomic E-state index is -1.21. The summed E-state index contributed by atoms with van der Waals surface area (Å²) < 4.78 is 13.1. The first-order valence-electron chi connectivity index (χ1n) is 5.56. The second-order valence-electron chi connectivity index (χ2n) is 4.43. The van der Waals surface area contributed by atoms with Crippen molar-refractivity contribution in [2.75, 3.05) is 0 Å². The van der Waals surface area contributed by atoms with Gasteiger partial charge in [0.15, 0.2) is 0 Å². The number of aliphatic hydroxyl groups is 1. The molecule has 0 aliphatic rings. The number of benzene rings is 1. The zero-order valence-corrected chi connectivity index (χ0v) is 10.7. The fourth-order valence-electron chi connectivity index (χ4n) is 1.82. The summed E-state index contributed by atoms with van der Waals surface area (Å²) in [5.74, 6) is -0.466. The quantitative estimate of drug-likeness (QED) is 0.923. The summed E-state index contributed by atoms with van der Waals surface area (Å²) in [7, 11) is 0. The molecule has 4 heteroatoms. The largest absolute Gasteiger partial charge is 0.385 e. The van der Waals surface area contributed by atoms with E-state index in [0.717, 1.165) is 11.8 Å². The van der Waals surface area contributed by atoms with Crippen LogP contribution in [0.1, 0.15) is 18.1 Å². The van der Waals surface area contributed by atoms with E-state index in [4.69, 9.17) is 11.6 Å². The third kappa shape index (κ3) is 2.86. The van der Waals surface area contributed by atoms with E-state index in [-0.39, 0.29) is 0 Å². The highest BCUT2D eigenvalue weighted by Gasteiger charge is 2.25. The van der Waals surface area contributed by atoms with E-state index >= 15 is 0 Å². The molecule has 1 unspecified atom stereocenters. The number of hydrogen-bond donors (Lipinski definition) is 1.